The highest BCUT2D eigenvalue weighted by molar-refractivity contribution is 5.55. The van der Waals surface area contributed by atoms with Gasteiger partial charge in [-0.3, -0.25) is 0 Å². The van der Waals surface area contributed by atoms with Crippen LogP contribution in [-0.4, -0.2) is 18.8 Å². The van der Waals surface area contributed by atoms with Crippen LogP contribution in [0.15, 0.2) is 18.2 Å². The van der Waals surface area contributed by atoms with Gasteiger partial charge in [-0.05, 0) is 61.6 Å². The van der Waals surface area contributed by atoms with E-state index < -0.39 is 0 Å². The fourth-order valence-electron chi connectivity index (χ4n) is 4.41. The first kappa shape index (κ1) is 12.7. The van der Waals surface area contributed by atoms with Crippen LogP contribution in [0, 0.1) is 0 Å². The van der Waals surface area contributed by atoms with Crippen LogP contribution < -0.4 is 5.32 Å². The van der Waals surface area contributed by atoms with Gasteiger partial charge in [0.25, 0.3) is 0 Å². The third kappa shape index (κ3) is 2.24. The average molecular weight is 271 g/mol. The molecule has 0 amide bonds. The highest BCUT2D eigenvalue weighted by atomic mass is 16.5. The zero-order valence-corrected chi connectivity index (χ0v) is 12.3. The standard InChI is InChI=1S/C18H25NO/c1-2-9-18(8-1)13-16(7-11-20-18)15-6-5-14-4-3-10-19-17(14)12-15/h5-6,12,16,19H,1-4,7-11,13H2. The lowest BCUT2D eigenvalue weighted by atomic mass is 9.80. The van der Waals surface area contributed by atoms with E-state index in [-0.39, 0.29) is 5.60 Å². The van der Waals surface area contributed by atoms with Crippen LogP contribution in [0.4, 0.5) is 5.69 Å². The van der Waals surface area contributed by atoms with Gasteiger partial charge in [0.2, 0.25) is 0 Å². The third-order valence-corrected chi connectivity index (χ3v) is 5.55. The maximum Gasteiger partial charge on any atom is 0.0688 e. The summed E-state index contributed by atoms with van der Waals surface area (Å²) in [6.45, 7) is 2.09. The second-order valence-corrected chi connectivity index (χ2v) is 6.88. The molecule has 1 spiro atoms. The first-order valence-corrected chi connectivity index (χ1v) is 8.35. The Labute approximate surface area is 121 Å². The number of rotatable bonds is 1. The number of benzene rings is 1. The lowest BCUT2D eigenvalue weighted by Crippen LogP contribution is -2.36. The first-order chi connectivity index (χ1) is 9.85. The lowest BCUT2D eigenvalue weighted by molar-refractivity contribution is -0.0804. The Hall–Kier alpha value is -1.02. The zero-order chi connectivity index (χ0) is 13.4. The van der Waals surface area contributed by atoms with E-state index in [4.69, 9.17) is 4.74 Å². The molecule has 1 saturated heterocycles. The summed E-state index contributed by atoms with van der Waals surface area (Å²) in [5.41, 5.74) is 4.66. The number of fused-ring (bicyclic) bond motifs is 1. The largest absolute Gasteiger partial charge is 0.385 e. The molecule has 2 heterocycles. The number of hydrogen-bond donors (Lipinski definition) is 1. The van der Waals surface area contributed by atoms with Crippen LogP contribution in [0.3, 0.4) is 0 Å². The van der Waals surface area contributed by atoms with Crippen molar-refractivity contribution in [2.24, 2.45) is 0 Å². The van der Waals surface area contributed by atoms with Crippen molar-refractivity contribution in [1.29, 1.82) is 0 Å². The van der Waals surface area contributed by atoms with E-state index in [2.05, 4.69) is 23.5 Å². The Kier molecular flexibility index (Phi) is 3.22. The molecular weight excluding hydrogens is 246 g/mol. The minimum Gasteiger partial charge on any atom is -0.385 e. The molecule has 1 N–H and O–H groups in total. The minimum absolute atomic E-state index is 0.228. The van der Waals surface area contributed by atoms with E-state index >= 15 is 0 Å². The second-order valence-electron chi connectivity index (χ2n) is 6.88. The van der Waals surface area contributed by atoms with Crippen molar-refractivity contribution in [2.45, 2.75) is 62.9 Å². The van der Waals surface area contributed by atoms with E-state index in [0.717, 1.165) is 13.2 Å². The molecule has 2 aliphatic heterocycles. The molecule has 1 aromatic carbocycles. The van der Waals surface area contributed by atoms with Gasteiger partial charge in [-0.25, -0.2) is 0 Å². The smallest absolute Gasteiger partial charge is 0.0688 e. The van der Waals surface area contributed by atoms with Crippen molar-refractivity contribution in [1.82, 2.24) is 0 Å². The third-order valence-electron chi connectivity index (χ3n) is 5.55. The predicted molar refractivity (Wildman–Crippen MR) is 82.4 cm³/mol. The van der Waals surface area contributed by atoms with Crippen LogP contribution in [0.5, 0.6) is 0 Å². The number of ether oxygens (including phenoxy) is 1. The van der Waals surface area contributed by atoms with Gasteiger partial charge >= 0.3 is 0 Å². The topological polar surface area (TPSA) is 21.3 Å². The van der Waals surface area contributed by atoms with Crippen molar-refractivity contribution in [3.8, 4) is 0 Å². The first-order valence-electron chi connectivity index (χ1n) is 8.35. The number of aryl methyl sites for hydroxylation is 1. The van der Waals surface area contributed by atoms with Crippen molar-refractivity contribution >= 4 is 5.69 Å². The van der Waals surface area contributed by atoms with Gasteiger partial charge < -0.3 is 10.1 Å². The van der Waals surface area contributed by atoms with Crippen molar-refractivity contribution in [3.63, 3.8) is 0 Å². The van der Waals surface area contributed by atoms with Crippen molar-refractivity contribution in [2.75, 3.05) is 18.5 Å². The molecule has 2 nitrogen and oxygen atoms in total. The summed E-state index contributed by atoms with van der Waals surface area (Å²) in [5.74, 6) is 0.705. The molecular formula is C18H25NO. The molecule has 0 bridgehead atoms. The Morgan fingerprint density at radius 3 is 2.95 bits per heavy atom. The Balaban J connectivity index is 1.57. The van der Waals surface area contributed by atoms with E-state index in [0.29, 0.717) is 5.92 Å². The Morgan fingerprint density at radius 2 is 2.05 bits per heavy atom. The molecule has 1 aromatic rings. The molecule has 1 atom stereocenters. The number of anilines is 1. The lowest BCUT2D eigenvalue weighted by Gasteiger charge is -2.38. The van der Waals surface area contributed by atoms with Crippen LogP contribution in [0.1, 0.15) is 62.0 Å². The molecule has 3 aliphatic rings. The summed E-state index contributed by atoms with van der Waals surface area (Å²) in [5, 5.41) is 3.57. The molecule has 1 unspecified atom stereocenters. The average Bonchev–Trinajstić information content (AvgIpc) is 2.94. The van der Waals surface area contributed by atoms with Crippen molar-refractivity contribution < 1.29 is 4.74 Å². The van der Waals surface area contributed by atoms with E-state index in [1.54, 1.807) is 0 Å². The maximum absolute atomic E-state index is 6.18. The number of hydrogen-bond acceptors (Lipinski definition) is 2. The molecule has 108 valence electrons. The summed E-state index contributed by atoms with van der Waals surface area (Å²) in [6, 6.07) is 7.16. The van der Waals surface area contributed by atoms with Crippen LogP contribution in [0.2, 0.25) is 0 Å². The predicted octanol–water partition coefficient (Wildman–Crippen LogP) is 4.25. The van der Waals surface area contributed by atoms with Gasteiger partial charge in [0.1, 0.15) is 0 Å². The van der Waals surface area contributed by atoms with Crippen LogP contribution >= 0.6 is 0 Å². The van der Waals surface area contributed by atoms with E-state index in [1.807, 2.05) is 0 Å². The van der Waals surface area contributed by atoms with Gasteiger partial charge in [0.15, 0.2) is 0 Å². The summed E-state index contributed by atoms with van der Waals surface area (Å²) >= 11 is 0. The normalized spacial score (nSPS) is 28.1. The van der Waals surface area contributed by atoms with E-state index in [1.165, 1.54) is 68.2 Å². The van der Waals surface area contributed by atoms with Crippen molar-refractivity contribution in [3.05, 3.63) is 29.3 Å². The molecule has 1 saturated carbocycles. The maximum atomic E-state index is 6.18. The molecule has 2 fully saturated rings. The fraction of sp³-hybridized carbons (Fsp3) is 0.667. The summed E-state index contributed by atoms with van der Waals surface area (Å²) < 4.78 is 6.18. The van der Waals surface area contributed by atoms with Gasteiger partial charge in [0, 0.05) is 18.8 Å². The van der Waals surface area contributed by atoms with Crippen LogP contribution in [0.25, 0.3) is 0 Å². The number of nitrogens with one attached hydrogen (secondary N) is 1. The summed E-state index contributed by atoms with van der Waals surface area (Å²) in [7, 11) is 0. The van der Waals surface area contributed by atoms with Gasteiger partial charge in [0.05, 0.1) is 5.60 Å². The zero-order valence-electron chi connectivity index (χ0n) is 12.3. The molecule has 0 radical (unpaired) electrons. The molecule has 20 heavy (non-hydrogen) atoms. The SMILES string of the molecule is c1cc2c(cc1C1CCOC3(CCCC3)C1)NCCC2. The van der Waals surface area contributed by atoms with Crippen LogP contribution in [-0.2, 0) is 11.2 Å². The summed E-state index contributed by atoms with van der Waals surface area (Å²) in [6.07, 6.45) is 10.2. The highest BCUT2D eigenvalue weighted by Gasteiger charge is 2.40. The fourth-order valence-corrected chi connectivity index (χ4v) is 4.41. The molecule has 1 aliphatic carbocycles. The van der Waals surface area contributed by atoms with Gasteiger partial charge in [-0.2, -0.15) is 0 Å². The van der Waals surface area contributed by atoms with Gasteiger partial charge in [-0.15, -0.1) is 0 Å². The highest BCUT2D eigenvalue weighted by Crippen LogP contribution is 2.45. The summed E-state index contributed by atoms with van der Waals surface area (Å²) in [4.78, 5) is 0. The molecule has 0 aromatic heterocycles. The Morgan fingerprint density at radius 1 is 1.15 bits per heavy atom. The molecule has 4 rings (SSSR count). The quantitative estimate of drug-likeness (QED) is 0.824. The minimum atomic E-state index is 0.228. The second kappa shape index (κ2) is 5.07. The Bertz CT molecular complexity index is 490. The monoisotopic (exact) mass is 271 g/mol. The van der Waals surface area contributed by atoms with E-state index in [9.17, 15) is 0 Å². The van der Waals surface area contributed by atoms with Gasteiger partial charge in [-0.1, -0.05) is 25.0 Å². The molecule has 2 heteroatoms.